The normalized spacial score (nSPS) is 13.3. The third-order valence-electron chi connectivity index (χ3n) is 3.48. The molecule has 1 aromatic rings. The summed E-state index contributed by atoms with van der Waals surface area (Å²) >= 11 is 1.69. The van der Waals surface area contributed by atoms with Crippen LogP contribution in [0, 0.1) is 17.2 Å². The topological polar surface area (TPSA) is 64.3 Å². The van der Waals surface area contributed by atoms with E-state index in [9.17, 15) is 10.1 Å². The zero-order valence-electron chi connectivity index (χ0n) is 12.0. The minimum atomic E-state index is -0.790. The maximum absolute atomic E-state index is 10.8. The Morgan fingerprint density at radius 2 is 2.25 bits per heavy atom. The maximum atomic E-state index is 10.8. The summed E-state index contributed by atoms with van der Waals surface area (Å²) in [5.41, 5.74) is 1.99. The van der Waals surface area contributed by atoms with Crippen molar-refractivity contribution in [1.29, 1.82) is 5.26 Å². The molecule has 108 valence electrons. The molecular formula is C15H20N2O2S. The molecule has 0 unspecified atom stereocenters. The van der Waals surface area contributed by atoms with Gasteiger partial charge in [0.1, 0.15) is 11.1 Å². The van der Waals surface area contributed by atoms with Crippen LogP contribution >= 0.6 is 11.3 Å². The second-order valence-corrected chi connectivity index (χ2v) is 6.72. The first kappa shape index (κ1) is 14.9. The lowest BCUT2D eigenvalue weighted by Gasteiger charge is -2.25. The van der Waals surface area contributed by atoms with Gasteiger partial charge in [-0.2, -0.15) is 5.26 Å². The number of aryl methyl sites for hydroxylation is 1. The smallest absolute Gasteiger partial charge is 0.305 e. The van der Waals surface area contributed by atoms with Crippen LogP contribution in [0.5, 0.6) is 0 Å². The lowest BCUT2D eigenvalue weighted by Crippen LogP contribution is -2.30. The summed E-state index contributed by atoms with van der Waals surface area (Å²) in [6.45, 7) is 5.49. The van der Waals surface area contributed by atoms with Gasteiger partial charge in [0.15, 0.2) is 0 Å². The Morgan fingerprint density at radius 1 is 1.50 bits per heavy atom. The van der Waals surface area contributed by atoms with E-state index in [0.717, 1.165) is 36.4 Å². The van der Waals surface area contributed by atoms with E-state index < -0.39 is 5.97 Å². The second kappa shape index (κ2) is 6.27. The molecule has 0 radical (unpaired) electrons. The minimum absolute atomic E-state index is 0.111. The fraction of sp³-hybridized carbons (Fsp3) is 0.600. The van der Waals surface area contributed by atoms with E-state index in [-0.39, 0.29) is 6.42 Å². The van der Waals surface area contributed by atoms with Gasteiger partial charge >= 0.3 is 5.97 Å². The number of carboxylic acids is 1. The summed E-state index contributed by atoms with van der Waals surface area (Å²) in [6.07, 6.45) is 3.29. The highest BCUT2D eigenvalue weighted by atomic mass is 32.1. The van der Waals surface area contributed by atoms with Gasteiger partial charge in [0.05, 0.1) is 12.0 Å². The minimum Gasteiger partial charge on any atom is -0.481 e. The average molecular weight is 292 g/mol. The number of aliphatic carboxylic acids is 1. The summed E-state index contributed by atoms with van der Waals surface area (Å²) in [6, 6.07) is 2.34. The molecule has 0 saturated carbocycles. The molecule has 0 aromatic carbocycles. The van der Waals surface area contributed by atoms with E-state index in [2.05, 4.69) is 24.8 Å². The number of fused-ring (bicyclic) bond motifs is 1. The fourth-order valence-electron chi connectivity index (χ4n) is 2.67. The first-order valence-electron chi connectivity index (χ1n) is 7.04. The van der Waals surface area contributed by atoms with Crippen molar-refractivity contribution < 1.29 is 9.90 Å². The highest BCUT2D eigenvalue weighted by Crippen LogP contribution is 2.40. The first-order valence-corrected chi connectivity index (χ1v) is 7.86. The SMILES string of the molecule is CC(C)CN(CCC(=O)O)c1sc2c(c1C#N)CCC2. The number of carbonyl (C=O) groups is 1. The number of rotatable bonds is 6. The summed E-state index contributed by atoms with van der Waals surface area (Å²) in [5.74, 6) is -0.353. The molecule has 1 aliphatic carbocycles. The quantitative estimate of drug-likeness (QED) is 0.875. The molecule has 1 heterocycles. The Bertz CT molecular complexity index is 543. The van der Waals surface area contributed by atoms with Crippen molar-refractivity contribution >= 4 is 22.3 Å². The van der Waals surface area contributed by atoms with E-state index in [1.54, 1.807) is 11.3 Å². The molecular weight excluding hydrogens is 272 g/mol. The van der Waals surface area contributed by atoms with Crippen LogP contribution in [0.15, 0.2) is 0 Å². The molecule has 2 rings (SSSR count). The van der Waals surface area contributed by atoms with Crippen molar-refractivity contribution in [2.45, 2.75) is 39.5 Å². The number of carboxylic acid groups (broad SMARTS) is 1. The Labute approximate surface area is 123 Å². The lowest BCUT2D eigenvalue weighted by atomic mass is 10.1. The van der Waals surface area contributed by atoms with E-state index in [1.807, 2.05) is 0 Å². The van der Waals surface area contributed by atoms with Gasteiger partial charge in [-0.15, -0.1) is 11.3 Å². The molecule has 0 spiro atoms. The molecule has 4 nitrogen and oxygen atoms in total. The molecule has 0 atom stereocenters. The number of thiophene rings is 1. The van der Waals surface area contributed by atoms with Crippen LogP contribution in [-0.4, -0.2) is 24.2 Å². The van der Waals surface area contributed by atoms with Crippen LogP contribution in [0.1, 0.15) is 42.7 Å². The average Bonchev–Trinajstić information content (AvgIpc) is 2.93. The van der Waals surface area contributed by atoms with Gasteiger partial charge in [-0.05, 0) is 30.7 Å². The van der Waals surface area contributed by atoms with E-state index in [1.165, 1.54) is 10.4 Å². The van der Waals surface area contributed by atoms with Gasteiger partial charge in [-0.1, -0.05) is 13.8 Å². The van der Waals surface area contributed by atoms with Crippen LogP contribution in [0.3, 0.4) is 0 Å². The van der Waals surface area contributed by atoms with E-state index >= 15 is 0 Å². The van der Waals surface area contributed by atoms with Crippen LogP contribution < -0.4 is 4.90 Å². The van der Waals surface area contributed by atoms with Gasteiger partial charge in [-0.3, -0.25) is 4.79 Å². The van der Waals surface area contributed by atoms with Crippen LogP contribution in [0.25, 0.3) is 0 Å². The van der Waals surface area contributed by atoms with Gasteiger partial charge in [-0.25, -0.2) is 0 Å². The van der Waals surface area contributed by atoms with Gasteiger partial charge in [0.25, 0.3) is 0 Å². The monoisotopic (exact) mass is 292 g/mol. The maximum Gasteiger partial charge on any atom is 0.305 e. The summed E-state index contributed by atoms with van der Waals surface area (Å²) < 4.78 is 0. The number of hydrogen-bond donors (Lipinski definition) is 1. The molecule has 1 N–H and O–H groups in total. The van der Waals surface area contributed by atoms with Crippen molar-refractivity contribution in [2.75, 3.05) is 18.0 Å². The molecule has 0 bridgehead atoms. The molecule has 0 fully saturated rings. The summed E-state index contributed by atoms with van der Waals surface area (Å²) in [5, 5.41) is 19.3. The van der Waals surface area contributed by atoms with E-state index in [4.69, 9.17) is 5.11 Å². The Morgan fingerprint density at radius 3 is 2.85 bits per heavy atom. The standard InChI is InChI=1S/C15H20N2O2S/c1-10(2)9-17(7-6-14(18)19)15-12(8-16)11-4-3-5-13(11)20-15/h10H,3-7,9H2,1-2H3,(H,18,19). The molecule has 20 heavy (non-hydrogen) atoms. The molecule has 0 amide bonds. The second-order valence-electron chi connectivity index (χ2n) is 5.63. The first-order chi connectivity index (χ1) is 9.52. The number of hydrogen-bond acceptors (Lipinski definition) is 4. The van der Waals surface area contributed by atoms with Crippen molar-refractivity contribution in [3.05, 3.63) is 16.0 Å². The molecule has 1 aliphatic rings. The Balaban J connectivity index is 2.28. The molecule has 0 aliphatic heterocycles. The lowest BCUT2D eigenvalue weighted by molar-refractivity contribution is -0.136. The van der Waals surface area contributed by atoms with Crippen molar-refractivity contribution in [2.24, 2.45) is 5.92 Å². The predicted octanol–water partition coefficient (Wildman–Crippen LogP) is 3.05. The highest BCUT2D eigenvalue weighted by Gasteiger charge is 2.25. The van der Waals surface area contributed by atoms with Gasteiger partial charge in [0.2, 0.25) is 0 Å². The zero-order valence-corrected chi connectivity index (χ0v) is 12.8. The fourth-order valence-corrected chi connectivity index (χ4v) is 4.05. The summed E-state index contributed by atoms with van der Waals surface area (Å²) in [7, 11) is 0. The molecule has 0 saturated heterocycles. The van der Waals surface area contributed by atoms with E-state index in [0.29, 0.717) is 12.5 Å². The zero-order chi connectivity index (χ0) is 14.7. The van der Waals surface area contributed by atoms with Crippen molar-refractivity contribution in [3.63, 3.8) is 0 Å². The van der Waals surface area contributed by atoms with Crippen molar-refractivity contribution in [1.82, 2.24) is 0 Å². The Kier molecular flexibility index (Phi) is 4.66. The largest absolute Gasteiger partial charge is 0.481 e. The van der Waals surface area contributed by atoms with Crippen LogP contribution in [-0.2, 0) is 17.6 Å². The third-order valence-corrected chi connectivity index (χ3v) is 4.84. The van der Waals surface area contributed by atoms with Crippen LogP contribution in [0.2, 0.25) is 0 Å². The summed E-state index contributed by atoms with van der Waals surface area (Å²) in [4.78, 5) is 14.2. The van der Waals surface area contributed by atoms with Gasteiger partial charge in [0, 0.05) is 18.0 Å². The highest BCUT2D eigenvalue weighted by molar-refractivity contribution is 7.16. The van der Waals surface area contributed by atoms with Gasteiger partial charge < -0.3 is 10.0 Å². The third kappa shape index (κ3) is 3.13. The number of nitriles is 1. The predicted molar refractivity (Wildman–Crippen MR) is 80.4 cm³/mol. The van der Waals surface area contributed by atoms with Crippen LogP contribution in [0.4, 0.5) is 5.00 Å². The molecule has 1 aromatic heterocycles. The Hall–Kier alpha value is -1.54. The molecule has 5 heteroatoms. The van der Waals surface area contributed by atoms with Crippen molar-refractivity contribution in [3.8, 4) is 6.07 Å². The number of nitrogens with zero attached hydrogens (tertiary/aromatic N) is 2. The number of anilines is 1.